The molecule has 0 aliphatic carbocycles. The Bertz CT molecular complexity index is 568. The van der Waals surface area contributed by atoms with Crippen molar-refractivity contribution in [3.05, 3.63) is 29.3 Å². The van der Waals surface area contributed by atoms with Gasteiger partial charge < -0.3 is 10.6 Å². The van der Waals surface area contributed by atoms with Crippen LogP contribution in [0.25, 0.3) is 0 Å². The van der Waals surface area contributed by atoms with Gasteiger partial charge in [0.15, 0.2) is 0 Å². The van der Waals surface area contributed by atoms with Crippen LogP contribution in [0.4, 0.5) is 5.69 Å². The van der Waals surface area contributed by atoms with Gasteiger partial charge in [-0.05, 0) is 52.7 Å². The van der Waals surface area contributed by atoms with Crippen LogP contribution in [-0.4, -0.2) is 17.1 Å². The highest BCUT2D eigenvalue weighted by atomic mass is 15.1. The lowest BCUT2D eigenvalue weighted by Crippen LogP contribution is -2.60. The highest BCUT2D eigenvalue weighted by Crippen LogP contribution is 2.32. The highest BCUT2D eigenvalue weighted by Gasteiger charge is 2.37. The first-order valence-electron chi connectivity index (χ1n) is 7.25. The molecule has 0 unspecified atom stereocenters. The van der Waals surface area contributed by atoms with Gasteiger partial charge in [-0.15, -0.1) is 0 Å². The van der Waals surface area contributed by atoms with Crippen LogP contribution in [0.1, 0.15) is 51.7 Å². The van der Waals surface area contributed by atoms with E-state index in [-0.39, 0.29) is 17.1 Å². The van der Waals surface area contributed by atoms with Crippen LogP contribution >= 0.6 is 0 Å². The normalized spacial score (nSPS) is 20.3. The molecule has 1 fully saturated rings. The Hall–Kier alpha value is -2.04. The standard InChI is InChI=1S/C17H22N4/c1-16(2)8-14(9-17(3,4)21-16)20-15-12(10-18)6-5-7-13(15)11-19/h5-7,14,20-21H,8-9H2,1-4H3. The minimum atomic E-state index is 0.0216. The first-order chi connectivity index (χ1) is 9.76. The average molecular weight is 282 g/mol. The summed E-state index contributed by atoms with van der Waals surface area (Å²) in [5.41, 5.74) is 1.77. The summed E-state index contributed by atoms with van der Waals surface area (Å²) in [7, 11) is 0. The molecule has 1 aromatic carbocycles. The molecule has 0 atom stereocenters. The van der Waals surface area contributed by atoms with Crippen molar-refractivity contribution in [3.8, 4) is 12.1 Å². The number of piperidine rings is 1. The Balaban J connectivity index is 2.31. The van der Waals surface area contributed by atoms with Gasteiger partial charge in [-0.1, -0.05) is 6.07 Å². The fourth-order valence-corrected chi connectivity index (χ4v) is 3.52. The molecule has 1 aliphatic rings. The zero-order valence-corrected chi connectivity index (χ0v) is 13.1. The lowest BCUT2D eigenvalue weighted by Gasteiger charge is -2.47. The van der Waals surface area contributed by atoms with Gasteiger partial charge in [0.1, 0.15) is 12.1 Å². The first kappa shape index (κ1) is 15.4. The molecule has 110 valence electrons. The smallest absolute Gasteiger partial charge is 0.101 e. The van der Waals surface area contributed by atoms with Gasteiger partial charge in [-0.3, -0.25) is 0 Å². The summed E-state index contributed by atoms with van der Waals surface area (Å²) in [6.45, 7) is 8.74. The molecule has 2 rings (SSSR count). The van der Waals surface area contributed by atoms with Crippen molar-refractivity contribution in [2.24, 2.45) is 0 Å². The highest BCUT2D eigenvalue weighted by molar-refractivity contribution is 5.67. The number of hydrogen-bond donors (Lipinski definition) is 2. The zero-order valence-electron chi connectivity index (χ0n) is 13.1. The third-order valence-corrected chi connectivity index (χ3v) is 3.84. The average Bonchev–Trinajstić information content (AvgIpc) is 2.35. The molecule has 1 saturated heterocycles. The van der Waals surface area contributed by atoms with Crippen molar-refractivity contribution < 1.29 is 0 Å². The number of rotatable bonds is 2. The number of anilines is 1. The van der Waals surface area contributed by atoms with Gasteiger partial charge >= 0.3 is 0 Å². The lowest BCUT2D eigenvalue weighted by molar-refractivity contribution is 0.170. The Labute approximate surface area is 126 Å². The van der Waals surface area contributed by atoms with Crippen LogP contribution < -0.4 is 10.6 Å². The van der Waals surface area contributed by atoms with Gasteiger partial charge in [0, 0.05) is 17.1 Å². The maximum Gasteiger partial charge on any atom is 0.101 e. The number of para-hydroxylation sites is 1. The number of nitriles is 2. The van der Waals surface area contributed by atoms with E-state index in [0.717, 1.165) is 12.8 Å². The number of hydrogen-bond acceptors (Lipinski definition) is 4. The topological polar surface area (TPSA) is 71.6 Å². The van der Waals surface area contributed by atoms with Gasteiger partial charge in [-0.25, -0.2) is 0 Å². The molecule has 0 amide bonds. The molecule has 2 N–H and O–H groups in total. The molecule has 4 nitrogen and oxygen atoms in total. The van der Waals surface area contributed by atoms with E-state index < -0.39 is 0 Å². The molecule has 0 spiro atoms. The fraction of sp³-hybridized carbons (Fsp3) is 0.529. The Kier molecular flexibility index (Phi) is 3.94. The summed E-state index contributed by atoms with van der Waals surface area (Å²) in [4.78, 5) is 0. The molecule has 0 radical (unpaired) electrons. The van der Waals surface area contributed by atoms with Gasteiger partial charge in [0.05, 0.1) is 16.8 Å². The SMILES string of the molecule is CC1(C)CC(Nc2c(C#N)cccc2C#N)CC(C)(C)N1. The summed E-state index contributed by atoms with van der Waals surface area (Å²) >= 11 is 0. The minimum Gasteiger partial charge on any atom is -0.380 e. The maximum absolute atomic E-state index is 9.26. The zero-order chi connectivity index (χ0) is 15.7. The Morgan fingerprint density at radius 1 is 1.05 bits per heavy atom. The predicted octanol–water partition coefficient (Wildman–Crippen LogP) is 3.15. The van der Waals surface area contributed by atoms with Crippen LogP contribution in [0.3, 0.4) is 0 Å². The van der Waals surface area contributed by atoms with Gasteiger partial charge in [0.25, 0.3) is 0 Å². The number of nitrogens with one attached hydrogen (secondary N) is 2. The van der Waals surface area contributed by atoms with Crippen molar-refractivity contribution in [2.45, 2.75) is 57.7 Å². The lowest BCUT2D eigenvalue weighted by atomic mass is 9.79. The summed E-state index contributed by atoms with van der Waals surface area (Å²) < 4.78 is 0. The van der Waals surface area contributed by atoms with Crippen molar-refractivity contribution in [2.75, 3.05) is 5.32 Å². The third kappa shape index (κ3) is 3.54. The van der Waals surface area contributed by atoms with Crippen molar-refractivity contribution >= 4 is 5.69 Å². The van der Waals surface area contributed by atoms with E-state index in [1.54, 1.807) is 18.2 Å². The predicted molar refractivity (Wildman–Crippen MR) is 83.8 cm³/mol. The Morgan fingerprint density at radius 3 is 1.95 bits per heavy atom. The summed E-state index contributed by atoms with van der Waals surface area (Å²) in [6.07, 6.45) is 1.89. The molecule has 21 heavy (non-hydrogen) atoms. The molecule has 1 aromatic rings. The molecule has 0 bridgehead atoms. The Morgan fingerprint density at radius 2 is 1.52 bits per heavy atom. The second-order valence-corrected chi connectivity index (χ2v) is 7.09. The monoisotopic (exact) mass is 282 g/mol. The molecule has 0 saturated carbocycles. The summed E-state index contributed by atoms with van der Waals surface area (Å²) in [5.74, 6) is 0. The van der Waals surface area contributed by atoms with Crippen LogP contribution in [0.15, 0.2) is 18.2 Å². The minimum absolute atomic E-state index is 0.0216. The van der Waals surface area contributed by atoms with Gasteiger partial charge in [0.2, 0.25) is 0 Å². The summed E-state index contributed by atoms with van der Waals surface area (Å²) in [5, 5.41) is 25.6. The number of benzene rings is 1. The molecular weight excluding hydrogens is 260 g/mol. The van der Waals surface area contributed by atoms with E-state index in [1.807, 2.05) is 0 Å². The number of nitrogens with zero attached hydrogens (tertiary/aromatic N) is 2. The second kappa shape index (κ2) is 5.39. The fourth-order valence-electron chi connectivity index (χ4n) is 3.52. The third-order valence-electron chi connectivity index (χ3n) is 3.84. The molecular formula is C17H22N4. The maximum atomic E-state index is 9.26. The van der Waals surface area contributed by atoms with Crippen LogP contribution in [-0.2, 0) is 0 Å². The van der Waals surface area contributed by atoms with Crippen molar-refractivity contribution in [1.82, 2.24) is 5.32 Å². The van der Waals surface area contributed by atoms with E-state index in [2.05, 4.69) is 50.5 Å². The molecule has 1 aliphatic heterocycles. The molecule has 4 heteroatoms. The van der Waals surface area contributed by atoms with E-state index in [0.29, 0.717) is 16.8 Å². The van der Waals surface area contributed by atoms with Crippen molar-refractivity contribution in [1.29, 1.82) is 10.5 Å². The molecule has 0 aromatic heterocycles. The summed E-state index contributed by atoms with van der Waals surface area (Å²) in [6, 6.07) is 9.83. The second-order valence-electron chi connectivity index (χ2n) is 7.09. The van der Waals surface area contributed by atoms with Crippen LogP contribution in [0, 0.1) is 22.7 Å². The van der Waals surface area contributed by atoms with E-state index in [9.17, 15) is 10.5 Å². The largest absolute Gasteiger partial charge is 0.380 e. The van der Waals surface area contributed by atoms with E-state index >= 15 is 0 Å². The van der Waals surface area contributed by atoms with E-state index in [4.69, 9.17) is 0 Å². The first-order valence-corrected chi connectivity index (χ1v) is 7.25. The molecule has 1 heterocycles. The van der Waals surface area contributed by atoms with Crippen LogP contribution in [0.2, 0.25) is 0 Å². The van der Waals surface area contributed by atoms with Crippen LogP contribution in [0.5, 0.6) is 0 Å². The quantitative estimate of drug-likeness (QED) is 0.874. The van der Waals surface area contributed by atoms with Crippen molar-refractivity contribution in [3.63, 3.8) is 0 Å². The van der Waals surface area contributed by atoms with Gasteiger partial charge in [-0.2, -0.15) is 10.5 Å². The van der Waals surface area contributed by atoms with E-state index in [1.165, 1.54) is 0 Å².